The molecule has 1 atom stereocenters. The minimum absolute atomic E-state index is 0.0309. The lowest BCUT2D eigenvalue weighted by molar-refractivity contribution is -0.139. The number of imide groups is 1. The number of nitrogens with one attached hydrogen (secondary N) is 3. The van der Waals surface area contributed by atoms with Gasteiger partial charge in [-0.1, -0.05) is 0 Å². The fourth-order valence-corrected chi connectivity index (χ4v) is 5.26. The largest absolute Gasteiger partial charge is 0.383 e. The van der Waals surface area contributed by atoms with Gasteiger partial charge < -0.3 is 16.0 Å². The summed E-state index contributed by atoms with van der Waals surface area (Å²) in [5.41, 5.74) is -0.488. The van der Waals surface area contributed by atoms with Gasteiger partial charge >= 0.3 is 0 Å². The summed E-state index contributed by atoms with van der Waals surface area (Å²) in [6.45, 7) is 0.855. The molecule has 30 heavy (non-hydrogen) atoms. The molecule has 1 aliphatic heterocycles. The van der Waals surface area contributed by atoms with E-state index in [0.717, 1.165) is 25.7 Å². The third kappa shape index (κ3) is 4.53. The maximum Gasteiger partial charge on any atom is 0.253 e. The van der Waals surface area contributed by atoms with Crippen LogP contribution in [0.25, 0.3) is 0 Å². The van der Waals surface area contributed by atoms with Crippen molar-refractivity contribution in [2.24, 2.45) is 11.8 Å². The van der Waals surface area contributed by atoms with E-state index < -0.39 is 16.1 Å². The molecule has 0 spiro atoms. The number of rotatable bonds is 9. The summed E-state index contributed by atoms with van der Waals surface area (Å²) in [5.74, 6) is 0.595. The fourth-order valence-electron chi connectivity index (χ4n) is 4.22. The molecular formula is C20H28N4O5S. The minimum Gasteiger partial charge on any atom is -0.383 e. The quantitative estimate of drug-likeness (QED) is 0.284. The smallest absolute Gasteiger partial charge is 0.253 e. The lowest BCUT2D eigenvalue weighted by atomic mass is 9.81. The van der Waals surface area contributed by atoms with Crippen molar-refractivity contribution in [2.45, 2.75) is 37.4 Å². The normalized spacial score (nSPS) is 24.3. The van der Waals surface area contributed by atoms with Gasteiger partial charge in [0, 0.05) is 45.3 Å². The van der Waals surface area contributed by atoms with Crippen molar-refractivity contribution < 1.29 is 14.4 Å². The molecule has 0 radical (unpaired) electrons. The van der Waals surface area contributed by atoms with Crippen LogP contribution in [0.5, 0.6) is 0 Å². The fraction of sp³-hybridized carbons (Fsp3) is 0.650. The second-order valence-corrected chi connectivity index (χ2v) is 9.13. The highest BCUT2D eigenvalue weighted by Crippen LogP contribution is 2.32. The SMILES string of the molecule is CNC(=O)C1CCC(CN2C(=O)CC(SCCNc3c(NC)c(=O)c3=O)C2=O)CC1. The summed E-state index contributed by atoms with van der Waals surface area (Å²) in [6, 6.07) is 0. The molecule has 0 bridgehead atoms. The Bertz CT molecular complexity index is 886. The van der Waals surface area contributed by atoms with E-state index in [1.54, 1.807) is 14.1 Å². The summed E-state index contributed by atoms with van der Waals surface area (Å²) >= 11 is 1.39. The van der Waals surface area contributed by atoms with Crippen LogP contribution in [-0.4, -0.2) is 60.8 Å². The number of carbonyl (C=O) groups excluding carboxylic acids is 3. The Hall–Kier alpha value is -2.36. The van der Waals surface area contributed by atoms with Crippen LogP contribution in [0, 0.1) is 11.8 Å². The summed E-state index contributed by atoms with van der Waals surface area (Å²) in [7, 11) is 3.22. The van der Waals surface area contributed by atoms with Crippen molar-refractivity contribution >= 4 is 40.9 Å². The van der Waals surface area contributed by atoms with Crippen molar-refractivity contribution in [2.75, 3.05) is 43.6 Å². The number of thioether (sulfide) groups is 1. The minimum atomic E-state index is -0.534. The van der Waals surface area contributed by atoms with Gasteiger partial charge in [0.05, 0.1) is 5.25 Å². The highest BCUT2D eigenvalue weighted by atomic mass is 32.2. The first-order valence-electron chi connectivity index (χ1n) is 10.3. The van der Waals surface area contributed by atoms with Gasteiger partial charge in [-0.3, -0.25) is 28.9 Å². The van der Waals surface area contributed by atoms with Crippen LogP contribution in [0.2, 0.25) is 0 Å². The zero-order chi connectivity index (χ0) is 21.8. The Labute approximate surface area is 179 Å². The van der Waals surface area contributed by atoms with Crippen LogP contribution >= 0.6 is 11.8 Å². The van der Waals surface area contributed by atoms with Gasteiger partial charge in [0.15, 0.2) is 0 Å². The third-order valence-corrected chi connectivity index (χ3v) is 7.20. The van der Waals surface area contributed by atoms with Gasteiger partial charge in [-0.2, -0.15) is 0 Å². The van der Waals surface area contributed by atoms with Crippen molar-refractivity contribution in [1.82, 2.24) is 10.2 Å². The molecule has 1 aliphatic carbocycles. The molecule has 3 N–H and O–H groups in total. The molecule has 2 fully saturated rings. The number of hydrogen-bond donors (Lipinski definition) is 3. The van der Waals surface area contributed by atoms with Gasteiger partial charge in [-0.05, 0) is 31.6 Å². The molecule has 10 heteroatoms. The van der Waals surface area contributed by atoms with E-state index in [1.165, 1.54) is 16.7 Å². The summed E-state index contributed by atoms with van der Waals surface area (Å²) in [4.78, 5) is 61.1. The zero-order valence-corrected chi connectivity index (χ0v) is 18.1. The first-order valence-corrected chi connectivity index (χ1v) is 11.3. The molecule has 164 valence electrons. The monoisotopic (exact) mass is 436 g/mol. The Morgan fingerprint density at radius 3 is 2.33 bits per heavy atom. The lowest BCUT2D eigenvalue weighted by Gasteiger charge is -2.29. The number of amides is 3. The molecule has 1 saturated heterocycles. The van der Waals surface area contributed by atoms with Crippen LogP contribution < -0.4 is 26.8 Å². The van der Waals surface area contributed by atoms with Crippen molar-refractivity contribution in [3.63, 3.8) is 0 Å². The Balaban J connectivity index is 1.42. The van der Waals surface area contributed by atoms with Crippen LogP contribution in [0.4, 0.5) is 11.4 Å². The zero-order valence-electron chi connectivity index (χ0n) is 17.3. The van der Waals surface area contributed by atoms with Gasteiger partial charge in [0.1, 0.15) is 11.4 Å². The Morgan fingerprint density at radius 1 is 1.03 bits per heavy atom. The number of likely N-dealkylation sites (tertiary alicyclic amines) is 1. The van der Waals surface area contributed by atoms with E-state index in [2.05, 4.69) is 16.0 Å². The maximum absolute atomic E-state index is 12.7. The molecule has 2 aliphatic rings. The molecule has 1 heterocycles. The summed E-state index contributed by atoms with van der Waals surface area (Å²) in [5, 5.41) is 7.90. The standard InChI is InChI=1S/C20H28N4O5S/c1-21-15-16(18(27)17(15)26)23-7-8-30-13-9-14(25)24(20(13)29)10-11-3-5-12(6-4-11)19(28)22-2/h11-13,21,23H,3-10H2,1-2H3,(H,22,28). The van der Waals surface area contributed by atoms with Gasteiger partial charge in [-0.15, -0.1) is 11.8 Å². The molecule has 1 saturated carbocycles. The van der Waals surface area contributed by atoms with Crippen LogP contribution in [0.1, 0.15) is 32.1 Å². The molecule has 1 aromatic rings. The van der Waals surface area contributed by atoms with E-state index in [0.29, 0.717) is 18.8 Å². The van der Waals surface area contributed by atoms with E-state index >= 15 is 0 Å². The average molecular weight is 437 g/mol. The molecule has 3 amide bonds. The Morgan fingerprint density at radius 2 is 1.70 bits per heavy atom. The maximum atomic E-state index is 12.7. The van der Waals surface area contributed by atoms with Crippen molar-refractivity contribution in [3.8, 4) is 0 Å². The molecule has 3 rings (SSSR count). The van der Waals surface area contributed by atoms with Gasteiger partial charge in [-0.25, -0.2) is 0 Å². The van der Waals surface area contributed by atoms with E-state index in [1.807, 2.05) is 0 Å². The van der Waals surface area contributed by atoms with Crippen molar-refractivity contribution in [1.29, 1.82) is 0 Å². The average Bonchev–Trinajstić information content (AvgIpc) is 3.02. The highest BCUT2D eigenvalue weighted by molar-refractivity contribution is 8.00. The van der Waals surface area contributed by atoms with E-state index in [4.69, 9.17) is 0 Å². The second-order valence-electron chi connectivity index (χ2n) is 7.82. The van der Waals surface area contributed by atoms with Crippen LogP contribution in [-0.2, 0) is 14.4 Å². The predicted octanol–water partition coefficient (Wildman–Crippen LogP) is 0.149. The van der Waals surface area contributed by atoms with Crippen molar-refractivity contribution in [3.05, 3.63) is 20.4 Å². The number of hydrogen-bond acceptors (Lipinski definition) is 8. The third-order valence-electron chi connectivity index (χ3n) is 5.99. The van der Waals surface area contributed by atoms with E-state index in [9.17, 15) is 24.0 Å². The van der Waals surface area contributed by atoms with Crippen LogP contribution in [0.15, 0.2) is 9.59 Å². The second kappa shape index (κ2) is 9.63. The number of anilines is 2. The lowest BCUT2D eigenvalue weighted by Crippen LogP contribution is -2.38. The number of nitrogens with zero attached hydrogens (tertiary/aromatic N) is 1. The molecule has 1 unspecified atom stereocenters. The topological polar surface area (TPSA) is 125 Å². The number of carbonyl (C=O) groups is 3. The Kier molecular flexibility index (Phi) is 7.17. The summed E-state index contributed by atoms with van der Waals surface area (Å²) in [6.07, 6.45) is 3.45. The van der Waals surface area contributed by atoms with Crippen LogP contribution in [0.3, 0.4) is 0 Å². The first-order chi connectivity index (χ1) is 14.4. The predicted molar refractivity (Wildman–Crippen MR) is 116 cm³/mol. The molecule has 0 aromatic heterocycles. The van der Waals surface area contributed by atoms with Gasteiger partial charge in [0.25, 0.3) is 10.9 Å². The molecular weight excluding hydrogens is 408 g/mol. The highest BCUT2D eigenvalue weighted by Gasteiger charge is 2.40. The first kappa shape index (κ1) is 22.3. The molecule has 1 aromatic carbocycles. The van der Waals surface area contributed by atoms with Gasteiger partial charge in [0.2, 0.25) is 17.7 Å². The molecule has 9 nitrogen and oxygen atoms in total. The summed E-state index contributed by atoms with van der Waals surface area (Å²) < 4.78 is 0. The van der Waals surface area contributed by atoms with E-state index in [-0.39, 0.29) is 47.4 Å².